The van der Waals surface area contributed by atoms with Crippen LogP contribution in [-0.4, -0.2) is 70.0 Å². The molecule has 1 N–H and O–H groups in total. The third-order valence-corrected chi connectivity index (χ3v) is 6.72. The highest BCUT2D eigenvalue weighted by atomic mass is 19.1. The summed E-state index contributed by atoms with van der Waals surface area (Å²) in [5.74, 6) is -1.85. The molecule has 4 heterocycles. The van der Waals surface area contributed by atoms with E-state index in [-0.39, 0.29) is 23.0 Å². The number of fused-ring (bicyclic) bond motifs is 2. The lowest BCUT2D eigenvalue weighted by Gasteiger charge is -2.37. The van der Waals surface area contributed by atoms with Crippen LogP contribution in [0.25, 0.3) is 5.65 Å². The third kappa shape index (κ3) is 5.02. The van der Waals surface area contributed by atoms with Crippen molar-refractivity contribution in [2.45, 2.75) is 46.4 Å². The molecule has 2 amide bonds. The third-order valence-electron chi connectivity index (χ3n) is 6.72. The average Bonchev–Trinajstić information content (AvgIpc) is 3.39. The molecule has 202 valence electrons. The van der Waals surface area contributed by atoms with Gasteiger partial charge in [0, 0.05) is 63.4 Å². The monoisotopic (exact) mass is 526 g/mol. The van der Waals surface area contributed by atoms with E-state index in [0.29, 0.717) is 50.5 Å². The lowest BCUT2D eigenvalue weighted by atomic mass is 9.99. The van der Waals surface area contributed by atoms with E-state index in [9.17, 15) is 14.0 Å². The normalized spacial score (nSPS) is 16.2. The number of pyridine rings is 1. The van der Waals surface area contributed by atoms with Crippen molar-refractivity contribution in [3.8, 4) is 0 Å². The molecule has 2 aliphatic rings. The highest BCUT2D eigenvalue weighted by molar-refractivity contribution is 6.06. The van der Waals surface area contributed by atoms with Gasteiger partial charge >= 0.3 is 6.09 Å². The smallest absolute Gasteiger partial charge is 0.410 e. The first-order valence-electron chi connectivity index (χ1n) is 12.6. The average molecular weight is 527 g/mol. The Morgan fingerprint density at radius 1 is 1.00 bits per heavy atom. The van der Waals surface area contributed by atoms with Crippen LogP contribution in [0.2, 0.25) is 0 Å². The van der Waals surface area contributed by atoms with Gasteiger partial charge in [-0.3, -0.25) is 9.69 Å². The molecule has 1 saturated heterocycles. The van der Waals surface area contributed by atoms with Crippen molar-refractivity contribution >= 4 is 29.0 Å². The first-order valence-corrected chi connectivity index (χ1v) is 12.6. The van der Waals surface area contributed by atoms with E-state index in [2.05, 4.69) is 10.3 Å². The van der Waals surface area contributed by atoms with Crippen molar-refractivity contribution in [2.24, 2.45) is 0 Å². The summed E-state index contributed by atoms with van der Waals surface area (Å²) in [5, 5.41) is 2.66. The summed E-state index contributed by atoms with van der Waals surface area (Å²) in [5.41, 5.74) is 2.62. The quantitative estimate of drug-likeness (QED) is 0.552. The first-order chi connectivity index (χ1) is 17.9. The zero-order valence-corrected chi connectivity index (χ0v) is 22.3. The van der Waals surface area contributed by atoms with Gasteiger partial charge in [0.15, 0.2) is 11.5 Å². The molecule has 2 aromatic heterocycles. The van der Waals surface area contributed by atoms with Gasteiger partial charge in [-0.05, 0) is 51.9 Å². The molecule has 9 nitrogen and oxygen atoms in total. The Hall–Kier alpha value is -3.73. The van der Waals surface area contributed by atoms with Gasteiger partial charge in [-0.15, -0.1) is 0 Å². The Morgan fingerprint density at radius 2 is 1.68 bits per heavy atom. The summed E-state index contributed by atoms with van der Waals surface area (Å²) in [6.07, 6.45) is 2.85. The summed E-state index contributed by atoms with van der Waals surface area (Å²) >= 11 is 0. The zero-order chi connectivity index (χ0) is 27.4. The van der Waals surface area contributed by atoms with E-state index in [1.807, 2.05) is 37.6 Å². The second-order valence-electron chi connectivity index (χ2n) is 11.0. The van der Waals surface area contributed by atoms with Gasteiger partial charge < -0.3 is 24.3 Å². The van der Waals surface area contributed by atoms with Crippen molar-refractivity contribution in [3.05, 3.63) is 58.5 Å². The highest BCUT2D eigenvalue weighted by Gasteiger charge is 2.32. The number of benzene rings is 1. The van der Waals surface area contributed by atoms with Gasteiger partial charge in [0.1, 0.15) is 11.4 Å². The van der Waals surface area contributed by atoms with Crippen LogP contribution < -0.4 is 10.2 Å². The first kappa shape index (κ1) is 25.9. The lowest BCUT2D eigenvalue weighted by Crippen LogP contribution is -2.50. The summed E-state index contributed by atoms with van der Waals surface area (Å²) in [7, 11) is 1.91. The van der Waals surface area contributed by atoms with Crippen molar-refractivity contribution in [1.29, 1.82) is 0 Å². The standard InChI is InChI=1S/C27H32F2N6O3/c1-16-12-35-13-17(10-21(29)24(35)30-16)31-25(36)23-19-15-32(5)14-18(19)22(11-20(23)28)33-6-8-34(9-7-33)26(37)38-27(2,3)4/h10-13H,6-9,14-15H2,1-5H3,(H,31,36). The molecular weight excluding hydrogens is 494 g/mol. The molecule has 11 heteroatoms. The number of hydrogen-bond acceptors (Lipinski definition) is 6. The second-order valence-corrected chi connectivity index (χ2v) is 11.0. The topological polar surface area (TPSA) is 82.4 Å². The number of nitrogens with one attached hydrogen (secondary N) is 1. The Kier molecular flexibility index (Phi) is 6.50. The van der Waals surface area contributed by atoms with Crippen molar-refractivity contribution in [3.63, 3.8) is 0 Å². The van der Waals surface area contributed by atoms with Crippen LogP contribution in [0.1, 0.15) is 48.0 Å². The molecule has 0 bridgehead atoms. The van der Waals surface area contributed by atoms with Crippen molar-refractivity contribution in [1.82, 2.24) is 19.2 Å². The van der Waals surface area contributed by atoms with E-state index in [1.54, 1.807) is 24.2 Å². The Balaban J connectivity index is 1.39. The van der Waals surface area contributed by atoms with E-state index < -0.39 is 23.1 Å². The Bertz CT molecular complexity index is 1420. The molecule has 1 aromatic carbocycles. The summed E-state index contributed by atoms with van der Waals surface area (Å²) in [6, 6.07) is 2.58. The van der Waals surface area contributed by atoms with Crippen molar-refractivity contribution < 1.29 is 23.1 Å². The Labute approximate surface area is 220 Å². The van der Waals surface area contributed by atoms with Crippen LogP contribution in [0.3, 0.4) is 0 Å². The molecule has 0 atom stereocenters. The fourth-order valence-corrected chi connectivity index (χ4v) is 5.10. The number of aromatic nitrogens is 2. The highest BCUT2D eigenvalue weighted by Crippen LogP contribution is 2.36. The summed E-state index contributed by atoms with van der Waals surface area (Å²) < 4.78 is 37.1. The maximum absolute atomic E-state index is 15.6. The van der Waals surface area contributed by atoms with E-state index in [1.165, 1.54) is 16.5 Å². The molecule has 3 aromatic rings. The summed E-state index contributed by atoms with van der Waals surface area (Å²) in [6.45, 7) is 10.1. The van der Waals surface area contributed by atoms with Gasteiger partial charge in [-0.2, -0.15) is 0 Å². The molecule has 0 spiro atoms. The van der Waals surface area contributed by atoms with Gasteiger partial charge in [-0.25, -0.2) is 18.6 Å². The second kappa shape index (κ2) is 9.54. The predicted molar refractivity (Wildman–Crippen MR) is 139 cm³/mol. The van der Waals surface area contributed by atoms with Crippen LogP contribution in [0, 0.1) is 18.6 Å². The number of amides is 2. The molecule has 0 aliphatic carbocycles. The van der Waals surface area contributed by atoms with Crippen LogP contribution in [-0.2, 0) is 17.8 Å². The number of rotatable bonds is 3. The fourth-order valence-electron chi connectivity index (χ4n) is 5.10. The minimum Gasteiger partial charge on any atom is -0.444 e. The molecule has 0 unspecified atom stereocenters. The number of halogens is 2. The predicted octanol–water partition coefficient (Wildman–Crippen LogP) is 4.18. The lowest BCUT2D eigenvalue weighted by molar-refractivity contribution is 0.0240. The SMILES string of the molecule is Cc1cn2cc(NC(=O)c3c(F)cc(N4CCN(C(=O)OC(C)(C)C)CC4)c4c3CN(C)C4)cc(F)c2n1. The maximum Gasteiger partial charge on any atom is 0.410 e. The number of nitrogens with zero attached hydrogens (tertiary/aromatic N) is 5. The molecule has 0 saturated carbocycles. The van der Waals surface area contributed by atoms with E-state index >= 15 is 4.39 Å². The molecule has 5 rings (SSSR count). The molecular formula is C27H32F2N6O3. The van der Waals surface area contributed by atoms with Gasteiger partial charge in [0.05, 0.1) is 16.9 Å². The van der Waals surface area contributed by atoms with Crippen LogP contribution in [0.15, 0.2) is 24.5 Å². The molecule has 1 fully saturated rings. The number of carbonyl (C=O) groups is 2. The van der Waals surface area contributed by atoms with E-state index in [0.717, 1.165) is 11.3 Å². The zero-order valence-electron chi connectivity index (χ0n) is 22.3. The number of hydrogen-bond donors (Lipinski definition) is 1. The number of ether oxygens (including phenoxy) is 1. The van der Waals surface area contributed by atoms with Crippen molar-refractivity contribution in [2.75, 3.05) is 43.4 Å². The fraction of sp³-hybridized carbons (Fsp3) is 0.444. The minimum atomic E-state index is -0.638. The van der Waals surface area contributed by atoms with Gasteiger partial charge in [-0.1, -0.05) is 0 Å². The number of imidazole rings is 1. The minimum absolute atomic E-state index is 0.0391. The molecule has 2 aliphatic heterocycles. The van der Waals surface area contributed by atoms with Crippen LogP contribution in [0.5, 0.6) is 0 Å². The molecule has 0 radical (unpaired) electrons. The Morgan fingerprint density at radius 3 is 2.37 bits per heavy atom. The van der Waals surface area contributed by atoms with E-state index in [4.69, 9.17) is 4.74 Å². The molecule has 38 heavy (non-hydrogen) atoms. The number of carbonyl (C=O) groups excluding carboxylic acids is 2. The number of anilines is 2. The number of piperazine rings is 1. The number of aryl methyl sites for hydroxylation is 1. The maximum atomic E-state index is 15.6. The van der Waals surface area contributed by atoms with Crippen LogP contribution in [0.4, 0.5) is 25.0 Å². The van der Waals surface area contributed by atoms with Gasteiger partial charge in [0.25, 0.3) is 5.91 Å². The largest absolute Gasteiger partial charge is 0.444 e. The summed E-state index contributed by atoms with van der Waals surface area (Å²) in [4.78, 5) is 35.6. The van der Waals surface area contributed by atoms with Gasteiger partial charge in [0.2, 0.25) is 0 Å². The van der Waals surface area contributed by atoms with Crippen LogP contribution >= 0.6 is 0 Å².